The summed E-state index contributed by atoms with van der Waals surface area (Å²) in [6.45, 7) is 0. The molecule has 68 valence electrons. The normalized spacial score (nSPS) is 40.8. The summed E-state index contributed by atoms with van der Waals surface area (Å²) in [6, 6.07) is 0.536. The molecule has 3 atom stereocenters. The van der Waals surface area contributed by atoms with Gasteiger partial charge < -0.3 is 11.1 Å². The van der Waals surface area contributed by atoms with Crippen LogP contribution in [0.2, 0.25) is 0 Å². The molecular formula is C9H16N2O. The van der Waals surface area contributed by atoms with Gasteiger partial charge in [-0.05, 0) is 25.2 Å². The number of nitrogens with one attached hydrogen (secondary N) is 1. The van der Waals surface area contributed by atoms with Crippen molar-refractivity contribution in [3.05, 3.63) is 0 Å². The molecule has 0 spiro atoms. The Hall–Kier alpha value is -0.570. The van der Waals surface area contributed by atoms with Gasteiger partial charge in [-0.3, -0.25) is 4.79 Å². The lowest BCUT2D eigenvalue weighted by Gasteiger charge is -2.24. The van der Waals surface area contributed by atoms with Crippen molar-refractivity contribution in [3.8, 4) is 0 Å². The highest BCUT2D eigenvalue weighted by Gasteiger charge is 2.37. The molecule has 2 fully saturated rings. The molecule has 3 N–H and O–H groups in total. The molecule has 1 aliphatic carbocycles. The first kappa shape index (κ1) is 8.05. The number of rotatable bonds is 1. The van der Waals surface area contributed by atoms with Crippen molar-refractivity contribution in [2.75, 3.05) is 0 Å². The summed E-state index contributed by atoms with van der Waals surface area (Å²) < 4.78 is 0. The highest BCUT2D eigenvalue weighted by molar-refractivity contribution is 5.80. The molecule has 0 radical (unpaired) electrons. The average molecular weight is 168 g/mol. The van der Waals surface area contributed by atoms with E-state index < -0.39 is 0 Å². The zero-order chi connectivity index (χ0) is 8.55. The predicted molar refractivity (Wildman–Crippen MR) is 46.5 cm³/mol. The first-order valence-electron chi connectivity index (χ1n) is 4.83. The maximum atomic E-state index is 10.9. The van der Waals surface area contributed by atoms with E-state index in [1.165, 1.54) is 25.7 Å². The van der Waals surface area contributed by atoms with E-state index in [1.807, 2.05) is 0 Å². The molecular weight excluding hydrogens is 152 g/mol. The van der Waals surface area contributed by atoms with Crippen LogP contribution in [0.25, 0.3) is 0 Å². The molecule has 0 bridgehead atoms. The molecule has 12 heavy (non-hydrogen) atoms. The third-order valence-corrected chi connectivity index (χ3v) is 3.21. The lowest BCUT2D eigenvalue weighted by atomic mass is 9.85. The number of hydrogen-bond donors (Lipinski definition) is 2. The molecule has 0 aromatic heterocycles. The van der Waals surface area contributed by atoms with Crippen LogP contribution in [-0.2, 0) is 4.79 Å². The van der Waals surface area contributed by atoms with Gasteiger partial charge in [-0.25, -0.2) is 0 Å². The summed E-state index contributed by atoms with van der Waals surface area (Å²) in [5, 5.41) is 3.32. The number of nitrogens with two attached hydrogens (primary N) is 1. The molecule has 0 aromatic carbocycles. The molecule has 2 rings (SSSR count). The second kappa shape index (κ2) is 3.05. The fourth-order valence-corrected chi connectivity index (χ4v) is 2.54. The number of fused-ring (bicyclic) bond motifs is 1. The molecule has 2 aliphatic rings. The van der Waals surface area contributed by atoms with E-state index in [2.05, 4.69) is 5.32 Å². The summed E-state index contributed by atoms with van der Waals surface area (Å²) in [7, 11) is 0. The molecule has 3 heteroatoms. The Morgan fingerprint density at radius 3 is 2.75 bits per heavy atom. The third-order valence-electron chi connectivity index (χ3n) is 3.21. The fraction of sp³-hybridized carbons (Fsp3) is 0.889. The quantitative estimate of drug-likeness (QED) is 0.595. The zero-order valence-electron chi connectivity index (χ0n) is 7.25. The van der Waals surface area contributed by atoms with Crippen LogP contribution in [0.1, 0.15) is 32.1 Å². The summed E-state index contributed by atoms with van der Waals surface area (Å²) >= 11 is 0. The van der Waals surface area contributed by atoms with Crippen molar-refractivity contribution < 1.29 is 4.79 Å². The van der Waals surface area contributed by atoms with Crippen LogP contribution in [0, 0.1) is 5.92 Å². The van der Waals surface area contributed by atoms with E-state index in [1.54, 1.807) is 0 Å². The number of carbonyl (C=O) groups excluding carboxylic acids is 1. The maximum Gasteiger partial charge on any atom is 0.234 e. The SMILES string of the molecule is NC(=O)[C@@H]1C[C@@H]2CCCC[C@@H]2N1. The lowest BCUT2D eigenvalue weighted by molar-refractivity contribution is -0.119. The smallest absolute Gasteiger partial charge is 0.234 e. The Kier molecular flexibility index (Phi) is 2.05. The van der Waals surface area contributed by atoms with Crippen LogP contribution in [0.5, 0.6) is 0 Å². The Morgan fingerprint density at radius 2 is 2.08 bits per heavy atom. The predicted octanol–water partition coefficient (Wildman–Crippen LogP) is 0.392. The first-order chi connectivity index (χ1) is 5.77. The van der Waals surface area contributed by atoms with Gasteiger partial charge in [0.15, 0.2) is 0 Å². The Labute approximate surface area is 72.7 Å². The van der Waals surface area contributed by atoms with Crippen molar-refractivity contribution in [3.63, 3.8) is 0 Å². The topological polar surface area (TPSA) is 55.1 Å². The second-order valence-electron chi connectivity index (χ2n) is 4.01. The van der Waals surface area contributed by atoms with Crippen LogP contribution in [0.15, 0.2) is 0 Å². The number of amides is 1. The van der Waals surface area contributed by atoms with E-state index >= 15 is 0 Å². The lowest BCUT2D eigenvalue weighted by Crippen LogP contribution is -2.40. The Morgan fingerprint density at radius 1 is 1.33 bits per heavy atom. The highest BCUT2D eigenvalue weighted by Crippen LogP contribution is 2.32. The van der Waals surface area contributed by atoms with Gasteiger partial charge in [0, 0.05) is 6.04 Å². The van der Waals surface area contributed by atoms with Gasteiger partial charge >= 0.3 is 0 Å². The van der Waals surface area contributed by atoms with E-state index in [4.69, 9.17) is 5.73 Å². The van der Waals surface area contributed by atoms with Gasteiger partial charge in [-0.15, -0.1) is 0 Å². The van der Waals surface area contributed by atoms with Gasteiger partial charge in [-0.2, -0.15) is 0 Å². The molecule has 1 aliphatic heterocycles. The van der Waals surface area contributed by atoms with Gasteiger partial charge in [-0.1, -0.05) is 12.8 Å². The van der Waals surface area contributed by atoms with E-state index in [9.17, 15) is 4.79 Å². The van der Waals surface area contributed by atoms with Crippen molar-refractivity contribution >= 4 is 5.91 Å². The minimum atomic E-state index is -0.176. The standard InChI is InChI=1S/C9H16N2O/c10-9(12)8-5-6-3-1-2-4-7(6)11-8/h6-8,11H,1-5H2,(H2,10,12)/t6-,7-,8-/m0/s1. The zero-order valence-corrected chi connectivity index (χ0v) is 7.25. The van der Waals surface area contributed by atoms with Gasteiger partial charge in [0.25, 0.3) is 0 Å². The van der Waals surface area contributed by atoms with Crippen molar-refractivity contribution in [1.82, 2.24) is 5.32 Å². The van der Waals surface area contributed by atoms with Gasteiger partial charge in [0.05, 0.1) is 6.04 Å². The summed E-state index contributed by atoms with van der Waals surface area (Å²) in [4.78, 5) is 10.9. The van der Waals surface area contributed by atoms with Crippen LogP contribution < -0.4 is 11.1 Å². The first-order valence-corrected chi connectivity index (χ1v) is 4.83. The fourth-order valence-electron chi connectivity index (χ4n) is 2.54. The molecule has 1 amide bonds. The molecule has 3 nitrogen and oxygen atoms in total. The van der Waals surface area contributed by atoms with Crippen molar-refractivity contribution in [1.29, 1.82) is 0 Å². The van der Waals surface area contributed by atoms with E-state index in [0.717, 1.165) is 12.3 Å². The van der Waals surface area contributed by atoms with Crippen LogP contribution in [0.3, 0.4) is 0 Å². The monoisotopic (exact) mass is 168 g/mol. The van der Waals surface area contributed by atoms with Crippen LogP contribution >= 0.6 is 0 Å². The Balaban J connectivity index is 1.98. The van der Waals surface area contributed by atoms with Crippen molar-refractivity contribution in [2.45, 2.75) is 44.2 Å². The number of primary amides is 1. The summed E-state index contributed by atoms with van der Waals surface area (Å²) in [6.07, 6.45) is 6.11. The number of hydrogen-bond acceptors (Lipinski definition) is 2. The van der Waals surface area contributed by atoms with Crippen molar-refractivity contribution in [2.24, 2.45) is 11.7 Å². The van der Waals surface area contributed by atoms with Crippen LogP contribution in [-0.4, -0.2) is 18.0 Å². The molecule has 1 heterocycles. The average Bonchev–Trinajstić information content (AvgIpc) is 2.46. The van der Waals surface area contributed by atoms with E-state index in [-0.39, 0.29) is 11.9 Å². The maximum absolute atomic E-state index is 10.9. The number of carbonyl (C=O) groups is 1. The van der Waals surface area contributed by atoms with E-state index in [0.29, 0.717) is 6.04 Å². The molecule has 1 saturated carbocycles. The second-order valence-corrected chi connectivity index (χ2v) is 4.01. The Bertz CT molecular complexity index is 179. The minimum absolute atomic E-state index is 0.0434. The summed E-state index contributed by atoms with van der Waals surface area (Å²) in [5.74, 6) is 0.542. The summed E-state index contributed by atoms with van der Waals surface area (Å²) in [5.41, 5.74) is 5.25. The van der Waals surface area contributed by atoms with Crippen LogP contribution in [0.4, 0.5) is 0 Å². The molecule has 0 aromatic rings. The molecule has 1 saturated heterocycles. The molecule has 0 unspecified atom stereocenters. The minimum Gasteiger partial charge on any atom is -0.368 e. The highest BCUT2D eigenvalue weighted by atomic mass is 16.1. The van der Waals surface area contributed by atoms with Gasteiger partial charge in [0.2, 0.25) is 5.91 Å². The van der Waals surface area contributed by atoms with Gasteiger partial charge in [0.1, 0.15) is 0 Å². The largest absolute Gasteiger partial charge is 0.368 e. The third kappa shape index (κ3) is 1.33.